The second-order valence-electron chi connectivity index (χ2n) is 9.96. The Morgan fingerprint density at radius 3 is 2.49 bits per heavy atom. The molecule has 7 nitrogen and oxygen atoms in total. The zero-order chi connectivity index (χ0) is 25.5. The molecule has 7 heteroatoms. The summed E-state index contributed by atoms with van der Waals surface area (Å²) in [5.74, 6) is 0.0775. The highest BCUT2D eigenvalue weighted by Crippen LogP contribution is 2.32. The Hall–Kier alpha value is -4.23. The number of carboxylic acid groups (broad SMARTS) is 1. The number of nitrogens with zero attached hydrogens (tertiary/aromatic N) is 4. The highest BCUT2D eigenvalue weighted by molar-refractivity contribution is 5.94. The lowest BCUT2D eigenvalue weighted by atomic mass is 9.99. The number of carbonyl (C=O) groups is 1. The van der Waals surface area contributed by atoms with E-state index in [-0.39, 0.29) is 5.92 Å². The minimum atomic E-state index is -0.715. The molecule has 0 atom stereocenters. The number of fused-ring (bicyclic) bond motifs is 1. The molecule has 1 aliphatic heterocycles. The van der Waals surface area contributed by atoms with E-state index in [2.05, 4.69) is 65.0 Å². The Morgan fingerprint density at radius 1 is 0.973 bits per heavy atom. The molecule has 0 saturated carbocycles. The smallest absolute Gasteiger partial charge is 0.309 e. The molecule has 0 aliphatic carbocycles. The van der Waals surface area contributed by atoms with Crippen LogP contribution >= 0.6 is 0 Å². The van der Waals surface area contributed by atoms with Gasteiger partial charge < -0.3 is 14.2 Å². The van der Waals surface area contributed by atoms with Crippen LogP contribution in [0.4, 0.5) is 0 Å². The molecule has 37 heavy (non-hydrogen) atoms. The van der Waals surface area contributed by atoms with Crippen LogP contribution in [0.25, 0.3) is 33.7 Å². The molecule has 0 unspecified atom stereocenters. The third kappa shape index (κ3) is 4.54. The summed E-state index contributed by atoms with van der Waals surface area (Å²) in [6, 6.07) is 22.9. The summed E-state index contributed by atoms with van der Waals surface area (Å²) in [4.78, 5) is 17.9. The summed E-state index contributed by atoms with van der Waals surface area (Å²) < 4.78 is 7.96. The van der Waals surface area contributed by atoms with Crippen molar-refractivity contribution in [1.29, 1.82) is 0 Å². The van der Waals surface area contributed by atoms with Gasteiger partial charge in [0, 0.05) is 48.8 Å². The molecule has 3 heterocycles. The van der Waals surface area contributed by atoms with Crippen molar-refractivity contribution in [3.63, 3.8) is 0 Å². The van der Waals surface area contributed by atoms with Crippen molar-refractivity contribution in [2.24, 2.45) is 5.92 Å². The van der Waals surface area contributed by atoms with E-state index in [1.165, 1.54) is 16.7 Å². The number of para-hydroxylation sites is 1. The maximum Gasteiger partial charge on any atom is 0.309 e. The minimum Gasteiger partial charge on any atom is -0.481 e. The molecule has 0 spiro atoms. The monoisotopic (exact) mass is 492 g/mol. The maximum atomic E-state index is 11.0. The minimum absolute atomic E-state index is 0.246. The van der Waals surface area contributed by atoms with E-state index in [0.717, 1.165) is 40.7 Å². The SMILES string of the molecule is Cc1ccc(Cn2cc(-c3nc(-c4ccc(CN5CC(C(=O)O)C5)cc4)no3)c3ccccc32)cc1C. The van der Waals surface area contributed by atoms with Crippen LogP contribution in [0.5, 0.6) is 0 Å². The fourth-order valence-electron chi connectivity index (χ4n) is 4.97. The van der Waals surface area contributed by atoms with Crippen LogP contribution in [0.1, 0.15) is 22.3 Å². The Kier molecular flexibility index (Phi) is 5.85. The Labute approximate surface area is 215 Å². The second kappa shape index (κ2) is 9.33. The molecule has 0 bridgehead atoms. The van der Waals surface area contributed by atoms with Gasteiger partial charge in [-0.25, -0.2) is 0 Å². The Bertz CT molecular complexity index is 1590. The summed E-state index contributed by atoms with van der Waals surface area (Å²) >= 11 is 0. The second-order valence-corrected chi connectivity index (χ2v) is 9.96. The molecular formula is C30H28N4O3. The van der Waals surface area contributed by atoms with Crippen LogP contribution < -0.4 is 0 Å². The number of aryl methyl sites for hydroxylation is 2. The molecule has 5 aromatic rings. The summed E-state index contributed by atoms with van der Waals surface area (Å²) in [7, 11) is 0. The third-order valence-corrected chi connectivity index (χ3v) is 7.29. The maximum absolute atomic E-state index is 11.0. The van der Waals surface area contributed by atoms with E-state index in [4.69, 9.17) is 14.6 Å². The average molecular weight is 493 g/mol. The van der Waals surface area contributed by atoms with Crippen LogP contribution in [-0.2, 0) is 17.9 Å². The molecule has 1 aliphatic rings. The van der Waals surface area contributed by atoms with Crippen LogP contribution in [0.2, 0.25) is 0 Å². The Balaban J connectivity index is 1.23. The molecule has 1 saturated heterocycles. The van der Waals surface area contributed by atoms with Crippen molar-refractivity contribution in [2.45, 2.75) is 26.9 Å². The largest absolute Gasteiger partial charge is 0.481 e. The summed E-state index contributed by atoms with van der Waals surface area (Å²) in [6.07, 6.45) is 2.09. The lowest BCUT2D eigenvalue weighted by Gasteiger charge is -2.36. The van der Waals surface area contributed by atoms with Gasteiger partial charge in [-0.3, -0.25) is 9.69 Å². The number of rotatable bonds is 7. The summed E-state index contributed by atoms with van der Waals surface area (Å²) in [6.45, 7) is 6.97. The number of likely N-dealkylation sites (tertiary alicyclic amines) is 1. The topological polar surface area (TPSA) is 84.4 Å². The van der Waals surface area contributed by atoms with E-state index >= 15 is 0 Å². The molecule has 0 amide bonds. The van der Waals surface area contributed by atoms with E-state index in [1.54, 1.807) is 0 Å². The summed E-state index contributed by atoms with van der Waals surface area (Å²) in [5.41, 5.74) is 7.88. The van der Waals surface area contributed by atoms with Gasteiger partial charge in [0.15, 0.2) is 0 Å². The molecule has 1 fully saturated rings. The van der Waals surface area contributed by atoms with E-state index in [0.29, 0.717) is 24.8 Å². The fourth-order valence-corrected chi connectivity index (χ4v) is 4.97. The highest BCUT2D eigenvalue weighted by Gasteiger charge is 2.32. The van der Waals surface area contributed by atoms with Crippen molar-refractivity contribution in [3.05, 3.63) is 95.2 Å². The van der Waals surface area contributed by atoms with Crippen molar-refractivity contribution < 1.29 is 14.4 Å². The van der Waals surface area contributed by atoms with Crippen molar-refractivity contribution in [1.82, 2.24) is 19.6 Å². The van der Waals surface area contributed by atoms with Gasteiger partial charge in [0.2, 0.25) is 5.82 Å². The standard InChI is InChI=1S/C30H28N4O3/c1-19-7-8-22(13-20(19)2)15-34-18-26(25-5-3-4-6-27(25)34)29-31-28(32-37-29)23-11-9-21(10-12-23)14-33-16-24(17-33)30(35)36/h3-13,18,24H,14-17H2,1-2H3,(H,35,36). The van der Waals surface area contributed by atoms with Gasteiger partial charge >= 0.3 is 5.97 Å². The van der Waals surface area contributed by atoms with Gasteiger partial charge in [0.05, 0.1) is 11.5 Å². The van der Waals surface area contributed by atoms with Gasteiger partial charge in [0.1, 0.15) is 0 Å². The van der Waals surface area contributed by atoms with Crippen LogP contribution in [0.3, 0.4) is 0 Å². The predicted molar refractivity (Wildman–Crippen MR) is 142 cm³/mol. The summed E-state index contributed by atoms with van der Waals surface area (Å²) in [5, 5.41) is 14.4. The molecule has 0 radical (unpaired) electrons. The zero-order valence-corrected chi connectivity index (χ0v) is 20.9. The van der Waals surface area contributed by atoms with Gasteiger partial charge in [-0.05, 0) is 42.2 Å². The first-order valence-electron chi connectivity index (χ1n) is 12.5. The normalized spacial score (nSPS) is 14.2. The fraction of sp³-hybridized carbons (Fsp3) is 0.233. The molecule has 186 valence electrons. The number of carboxylic acids is 1. The number of hydrogen-bond donors (Lipinski definition) is 1. The first-order valence-corrected chi connectivity index (χ1v) is 12.5. The van der Waals surface area contributed by atoms with Crippen molar-refractivity contribution in [3.8, 4) is 22.8 Å². The lowest BCUT2D eigenvalue weighted by Crippen LogP contribution is -2.49. The van der Waals surface area contributed by atoms with Gasteiger partial charge in [-0.2, -0.15) is 4.98 Å². The van der Waals surface area contributed by atoms with E-state index in [1.807, 2.05) is 36.4 Å². The average Bonchev–Trinajstić information content (AvgIpc) is 3.49. The number of benzene rings is 3. The van der Waals surface area contributed by atoms with Crippen molar-refractivity contribution in [2.75, 3.05) is 13.1 Å². The van der Waals surface area contributed by atoms with Gasteiger partial charge in [0.25, 0.3) is 5.89 Å². The van der Waals surface area contributed by atoms with E-state index in [9.17, 15) is 4.79 Å². The third-order valence-electron chi connectivity index (χ3n) is 7.29. The van der Waals surface area contributed by atoms with Crippen molar-refractivity contribution >= 4 is 16.9 Å². The van der Waals surface area contributed by atoms with E-state index < -0.39 is 5.97 Å². The lowest BCUT2D eigenvalue weighted by molar-refractivity contribution is -0.147. The van der Waals surface area contributed by atoms with Gasteiger partial charge in [-0.1, -0.05) is 65.8 Å². The van der Waals surface area contributed by atoms with Crippen LogP contribution in [0.15, 0.2) is 77.4 Å². The number of hydrogen-bond acceptors (Lipinski definition) is 5. The Morgan fingerprint density at radius 2 is 1.73 bits per heavy atom. The number of aliphatic carboxylic acids is 1. The first-order chi connectivity index (χ1) is 17.9. The predicted octanol–water partition coefficient (Wildman–Crippen LogP) is 5.54. The molecular weight excluding hydrogens is 464 g/mol. The molecule has 6 rings (SSSR count). The first kappa shape index (κ1) is 23.2. The van der Waals surface area contributed by atoms with Crippen LogP contribution in [0, 0.1) is 19.8 Å². The molecule has 2 aromatic heterocycles. The molecule has 1 N–H and O–H groups in total. The number of aromatic nitrogens is 3. The quantitative estimate of drug-likeness (QED) is 0.321. The highest BCUT2D eigenvalue weighted by atomic mass is 16.5. The van der Waals surface area contributed by atoms with Crippen LogP contribution in [-0.4, -0.2) is 43.8 Å². The molecule has 3 aromatic carbocycles. The van der Waals surface area contributed by atoms with Gasteiger partial charge in [-0.15, -0.1) is 0 Å². The zero-order valence-electron chi connectivity index (χ0n) is 20.9.